The van der Waals surface area contributed by atoms with Crippen LogP contribution in [0.4, 0.5) is 5.00 Å². The van der Waals surface area contributed by atoms with E-state index in [9.17, 15) is 4.79 Å². The third kappa shape index (κ3) is 4.20. The number of anilines is 1. The van der Waals surface area contributed by atoms with Crippen LogP contribution in [0.25, 0.3) is 11.4 Å². The van der Waals surface area contributed by atoms with Gasteiger partial charge in [-0.1, -0.05) is 12.1 Å². The second-order valence-corrected chi connectivity index (χ2v) is 6.06. The summed E-state index contributed by atoms with van der Waals surface area (Å²) in [6, 6.07) is 9.24. The van der Waals surface area contributed by atoms with Crippen molar-refractivity contribution >= 4 is 22.2 Å². The van der Waals surface area contributed by atoms with Gasteiger partial charge in [-0.25, -0.2) is 0 Å². The number of rotatable bonds is 7. The Balaban J connectivity index is 1.68. The number of nitrogens with zero attached hydrogens (tertiary/aromatic N) is 4. The predicted octanol–water partition coefficient (Wildman–Crippen LogP) is 2.20. The van der Waals surface area contributed by atoms with E-state index in [0.29, 0.717) is 10.8 Å². The standard InChI is InChI=1S/C16H17N5O3S/c1-23-10-21-19-15(18-20-21)13-7-8-25-16(13)17-14(22)9-11-3-5-12(24-2)6-4-11/h3-8H,9-10H2,1-2H3,(H,17,22). The van der Waals surface area contributed by atoms with Gasteiger partial charge in [0.15, 0.2) is 6.73 Å². The number of ether oxygens (including phenoxy) is 2. The highest BCUT2D eigenvalue weighted by Crippen LogP contribution is 2.30. The summed E-state index contributed by atoms with van der Waals surface area (Å²) >= 11 is 1.41. The Morgan fingerprint density at radius 2 is 2.04 bits per heavy atom. The molecule has 0 saturated carbocycles. The lowest BCUT2D eigenvalue weighted by molar-refractivity contribution is -0.115. The minimum atomic E-state index is -0.113. The molecule has 0 spiro atoms. The Bertz CT molecular complexity index is 844. The molecule has 1 amide bonds. The average Bonchev–Trinajstić information content (AvgIpc) is 3.25. The minimum Gasteiger partial charge on any atom is -0.497 e. The smallest absolute Gasteiger partial charge is 0.229 e. The van der Waals surface area contributed by atoms with Crippen LogP contribution in [-0.4, -0.2) is 40.3 Å². The number of hydrogen-bond donors (Lipinski definition) is 1. The van der Waals surface area contributed by atoms with Gasteiger partial charge in [-0.3, -0.25) is 4.79 Å². The van der Waals surface area contributed by atoms with E-state index in [4.69, 9.17) is 9.47 Å². The van der Waals surface area contributed by atoms with Crippen LogP contribution in [0.5, 0.6) is 5.75 Å². The van der Waals surface area contributed by atoms with E-state index in [1.807, 2.05) is 35.7 Å². The zero-order chi connectivity index (χ0) is 17.6. The van der Waals surface area contributed by atoms with Crippen molar-refractivity contribution in [3.8, 4) is 17.1 Å². The topological polar surface area (TPSA) is 91.2 Å². The average molecular weight is 359 g/mol. The van der Waals surface area contributed by atoms with Gasteiger partial charge in [0.05, 0.1) is 19.1 Å². The Morgan fingerprint density at radius 3 is 2.76 bits per heavy atom. The molecule has 8 nitrogen and oxygen atoms in total. The zero-order valence-corrected chi connectivity index (χ0v) is 14.6. The fraction of sp³-hybridized carbons (Fsp3) is 0.250. The highest BCUT2D eigenvalue weighted by molar-refractivity contribution is 7.15. The van der Waals surface area contributed by atoms with Gasteiger partial charge in [0, 0.05) is 7.11 Å². The molecule has 3 rings (SSSR count). The Hall–Kier alpha value is -2.78. The fourth-order valence-corrected chi connectivity index (χ4v) is 3.00. The molecule has 2 heterocycles. The molecule has 9 heteroatoms. The number of tetrazole rings is 1. The largest absolute Gasteiger partial charge is 0.497 e. The van der Waals surface area contributed by atoms with Crippen LogP contribution in [0.15, 0.2) is 35.7 Å². The molecule has 0 atom stereocenters. The maximum absolute atomic E-state index is 12.3. The van der Waals surface area contributed by atoms with Gasteiger partial charge in [0.25, 0.3) is 0 Å². The lowest BCUT2D eigenvalue weighted by Crippen LogP contribution is -2.14. The molecular weight excluding hydrogens is 342 g/mol. The highest BCUT2D eigenvalue weighted by atomic mass is 32.1. The maximum Gasteiger partial charge on any atom is 0.229 e. The minimum absolute atomic E-state index is 0.113. The number of nitrogens with one attached hydrogen (secondary N) is 1. The number of hydrogen-bond acceptors (Lipinski definition) is 7. The number of benzene rings is 1. The monoisotopic (exact) mass is 359 g/mol. The zero-order valence-electron chi connectivity index (χ0n) is 13.8. The normalized spacial score (nSPS) is 10.6. The first-order chi connectivity index (χ1) is 12.2. The predicted molar refractivity (Wildman–Crippen MR) is 93.5 cm³/mol. The van der Waals surface area contributed by atoms with Crippen molar-refractivity contribution in [2.45, 2.75) is 13.2 Å². The molecule has 1 aromatic carbocycles. The summed E-state index contributed by atoms with van der Waals surface area (Å²) in [5.41, 5.74) is 1.64. The third-order valence-electron chi connectivity index (χ3n) is 3.38. The van der Waals surface area contributed by atoms with Crippen molar-refractivity contribution in [3.63, 3.8) is 0 Å². The van der Waals surface area contributed by atoms with Crippen molar-refractivity contribution in [1.82, 2.24) is 20.2 Å². The SMILES string of the molecule is COCn1nnc(-c2ccsc2NC(=O)Cc2ccc(OC)cc2)n1. The molecule has 0 aliphatic rings. The molecule has 0 radical (unpaired) electrons. The molecule has 0 fully saturated rings. The number of carbonyl (C=O) groups excluding carboxylic acids is 1. The van der Waals surface area contributed by atoms with E-state index in [0.717, 1.165) is 16.9 Å². The van der Waals surface area contributed by atoms with Crippen LogP contribution in [0.2, 0.25) is 0 Å². The van der Waals surface area contributed by atoms with Crippen LogP contribution in [0, 0.1) is 0 Å². The second-order valence-electron chi connectivity index (χ2n) is 5.14. The van der Waals surface area contributed by atoms with Gasteiger partial charge >= 0.3 is 0 Å². The van der Waals surface area contributed by atoms with E-state index >= 15 is 0 Å². The molecule has 25 heavy (non-hydrogen) atoms. The van der Waals surface area contributed by atoms with Gasteiger partial charge in [-0.15, -0.1) is 26.3 Å². The summed E-state index contributed by atoms with van der Waals surface area (Å²) in [6.45, 7) is 0.219. The van der Waals surface area contributed by atoms with Crippen LogP contribution in [0.1, 0.15) is 5.56 Å². The highest BCUT2D eigenvalue weighted by Gasteiger charge is 2.15. The summed E-state index contributed by atoms with van der Waals surface area (Å²) < 4.78 is 10.1. The van der Waals surface area contributed by atoms with Crippen molar-refractivity contribution in [2.75, 3.05) is 19.5 Å². The maximum atomic E-state index is 12.3. The molecule has 0 bridgehead atoms. The van der Waals surface area contributed by atoms with Crippen molar-refractivity contribution in [2.24, 2.45) is 0 Å². The summed E-state index contributed by atoms with van der Waals surface area (Å²) in [4.78, 5) is 13.7. The fourth-order valence-electron chi connectivity index (χ4n) is 2.20. The van der Waals surface area contributed by atoms with Crippen LogP contribution >= 0.6 is 11.3 Å². The van der Waals surface area contributed by atoms with Gasteiger partial charge in [0.2, 0.25) is 11.7 Å². The summed E-state index contributed by atoms with van der Waals surface area (Å²) in [5.74, 6) is 1.09. The molecular formula is C16H17N5O3S. The Labute approximate surface area is 148 Å². The quantitative estimate of drug-likeness (QED) is 0.695. The number of methoxy groups -OCH3 is 2. The number of carbonyl (C=O) groups is 1. The van der Waals surface area contributed by atoms with Gasteiger partial charge in [0.1, 0.15) is 10.8 Å². The molecule has 0 aliphatic carbocycles. The number of aromatic nitrogens is 4. The van der Waals surface area contributed by atoms with Gasteiger partial charge in [-0.05, 0) is 34.4 Å². The first-order valence-corrected chi connectivity index (χ1v) is 8.35. The lowest BCUT2D eigenvalue weighted by atomic mass is 10.1. The summed E-state index contributed by atoms with van der Waals surface area (Å²) in [7, 11) is 3.16. The molecule has 0 aliphatic heterocycles. The molecule has 130 valence electrons. The summed E-state index contributed by atoms with van der Waals surface area (Å²) in [6.07, 6.45) is 0.269. The van der Waals surface area contributed by atoms with Gasteiger partial charge in [-0.2, -0.15) is 0 Å². The number of amides is 1. The lowest BCUT2D eigenvalue weighted by Gasteiger charge is -2.05. The van der Waals surface area contributed by atoms with Crippen molar-refractivity contribution in [3.05, 3.63) is 41.3 Å². The molecule has 1 N–H and O–H groups in total. The molecule has 2 aromatic heterocycles. The van der Waals surface area contributed by atoms with E-state index in [1.54, 1.807) is 14.2 Å². The van der Waals surface area contributed by atoms with Crippen LogP contribution in [0.3, 0.4) is 0 Å². The van der Waals surface area contributed by atoms with E-state index in [2.05, 4.69) is 20.7 Å². The summed E-state index contributed by atoms with van der Waals surface area (Å²) in [5, 5.41) is 17.6. The van der Waals surface area contributed by atoms with E-state index < -0.39 is 0 Å². The number of thiophene rings is 1. The third-order valence-corrected chi connectivity index (χ3v) is 4.21. The molecule has 0 saturated heterocycles. The van der Waals surface area contributed by atoms with Gasteiger partial charge < -0.3 is 14.8 Å². The second kappa shape index (κ2) is 7.86. The first kappa shape index (κ1) is 17.1. The van der Waals surface area contributed by atoms with Crippen molar-refractivity contribution in [1.29, 1.82) is 0 Å². The van der Waals surface area contributed by atoms with Crippen molar-refractivity contribution < 1.29 is 14.3 Å². The first-order valence-electron chi connectivity index (χ1n) is 7.47. The molecule has 3 aromatic rings. The van der Waals surface area contributed by atoms with E-state index in [-0.39, 0.29) is 19.1 Å². The van der Waals surface area contributed by atoms with Crippen LogP contribution < -0.4 is 10.1 Å². The Morgan fingerprint density at radius 1 is 1.24 bits per heavy atom. The Kier molecular flexibility index (Phi) is 5.36. The molecule has 0 unspecified atom stereocenters. The van der Waals surface area contributed by atoms with Crippen LogP contribution in [-0.2, 0) is 22.7 Å². The van der Waals surface area contributed by atoms with E-state index in [1.165, 1.54) is 16.1 Å².